The molecule has 4 fully saturated rings. The molecule has 1 aromatic carbocycles. The van der Waals surface area contributed by atoms with Gasteiger partial charge in [0.05, 0.1) is 11.8 Å². The van der Waals surface area contributed by atoms with Gasteiger partial charge in [-0.2, -0.15) is 0 Å². The number of hydrogen-bond donors (Lipinski definition) is 1. The molecule has 4 aliphatic rings. The van der Waals surface area contributed by atoms with E-state index in [0.29, 0.717) is 29.8 Å². The van der Waals surface area contributed by atoms with Crippen LogP contribution in [0.25, 0.3) is 0 Å². The molecule has 0 radical (unpaired) electrons. The summed E-state index contributed by atoms with van der Waals surface area (Å²) in [4.78, 5) is 41.2. The van der Waals surface area contributed by atoms with Gasteiger partial charge in [-0.3, -0.25) is 9.59 Å². The number of carbonyl (C=O) groups excluding carboxylic acids is 2. The Morgan fingerprint density at radius 1 is 1.13 bits per heavy atom. The number of aromatic nitrogens is 2. The molecule has 248 valence electrons. The summed E-state index contributed by atoms with van der Waals surface area (Å²) in [5.74, 6) is 1.56. The molecule has 9 nitrogen and oxygen atoms in total. The predicted octanol–water partition coefficient (Wildman–Crippen LogP) is 5.97. The van der Waals surface area contributed by atoms with Crippen LogP contribution in [0.3, 0.4) is 0 Å². The maximum atomic E-state index is 14.3. The Labute approximate surface area is 272 Å². The van der Waals surface area contributed by atoms with E-state index in [9.17, 15) is 14.0 Å². The highest BCUT2D eigenvalue weighted by Crippen LogP contribution is 2.46. The van der Waals surface area contributed by atoms with Crippen molar-refractivity contribution in [3.05, 3.63) is 53.3 Å². The van der Waals surface area contributed by atoms with Crippen molar-refractivity contribution in [1.29, 1.82) is 0 Å². The fraction of sp³-hybridized carbons (Fsp3) is 0.611. The van der Waals surface area contributed by atoms with Crippen molar-refractivity contribution in [2.24, 2.45) is 11.3 Å². The highest BCUT2D eigenvalue weighted by Gasteiger charge is 2.47. The van der Waals surface area contributed by atoms with Crippen LogP contribution in [-0.4, -0.2) is 82.4 Å². The van der Waals surface area contributed by atoms with Crippen molar-refractivity contribution in [3.8, 4) is 11.5 Å². The lowest BCUT2D eigenvalue weighted by atomic mass is 9.71. The summed E-state index contributed by atoms with van der Waals surface area (Å²) >= 11 is 0. The first-order chi connectivity index (χ1) is 22.0. The number of hydrogen-bond acceptors (Lipinski definition) is 7. The summed E-state index contributed by atoms with van der Waals surface area (Å²) in [6.07, 6.45) is 10.9. The standard InChI is InChI=1S/C36H49FN6O3/c1-6-43(25(4)5)34(45)28-17-27(37)7-8-30(28)46-31-19-38-23-39-32(31)42-21-35(22-42)13-15-41(16-14-35)20-26-9-11-36(12-10-26)18-29(24(2)3)33(44)40-36/h7-8,17,19,23,25-26H,6,9-16,18,20-22H2,1-5H3,(H,40,44). The van der Waals surface area contributed by atoms with Crippen LogP contribution in [0.4, 0.5) is 10.2 Å². The molecule has 4 heterocycles. The average Bonchev–Trinajstić information content (AvgIpc) is 3.34. The molecule has 10 heteroatoms. The zero-order chi connectivity index (χ0) is 32.6. The molecule has 1 aliphatic carbocycles. The minimum Gasteiger partial charge on any atom is -0.451 e. The van der Waals surface area contributed by atoms with Gasteiger partial charge in [0.1, 0.15) is 17.9 Å². The Balaban J connectivity index is 1.03. The van der Waals surface area contributed by atoms with E-state index in [0.717, 1.165) is 76.0 Å². The number of nitrogens with zero attached hydrogens (tertiary/aromatic N) is 5. The van der Waals surface area contributed by atoms with Gasteiger partial charge in [0.2, 0.25) is 5.91 Å². The topological polar surface area (TPSA) is 90.9 Å². The normalized spacial score (nSPS) is 24.3. The number of amides is 2. The van der Waals surface area contributed by atoms with E-state index >= 15 is 0 Å². The summed E-state index contributed by atoms with van der Waals surface area (Å²) in [7, 11) is 0. The molecule has 1 aromatic heterocycles. The number of likely N-dealkylation sites (tertiary alicyclic amines) is 1. The summed E-state index contributed by atoms with van der Waals surface area (Å²) in [5, 5.41) is 3.34. The van der Waals surface area contributed by atoms with Crippen LogP contribution in [0, 0.1) is 17.2 Å². The van der Waals surface area contributed by atoms with Crippen LogP contribution in [-0.2, 0) is 4.79 Å². The molecule has 3 saturated heterocycles. The number of benzene rings is 1. The Bertz CT molecular complexity index is 1480. The summed E-state index contributed by atoms with van der Waals surface area (Å²) in [6, 6.07) is 4.04. The number of halogens is 1. The molecule has 1 N–H and O–H groups in total. The number of carbonyl (C=O) groups is 2. The molecule has 1 saturated carbocycles. The monoisotopic (exact) mass is 632 g/mol. The van der Waals surface area contributed by atoms with Gasteiger partial charge in [0.15, 0.2) is 11.6 Å². The Kier molecular flexibility index (Phi) is 9.11. The minimum atomic E-state index is -0.483. The lowest BCUT2D eigenvalue weighted by Crippen LogP contribution is -2.61. The summed E-state index contributed by atoms with van der Waals surface area (Å²) in [6.45, 7) is 15.6. The predicted molar refractivity (Wildman–Crippen MR) is 176 cm³/mol. The van der Waals surface area contributed by atoms with Crippen LogP contribution >= 0.6 is 0 Å². The lowest BCUT2D eigenvalue weighted by Gasteiger charge is -2.55. The van der Waals surface area contributed by atoms with Crippen LogP contribution in [0.1, 0.15) is 89.9 Å². The van der Waals surface area contributed by atoms with Crippen LogP contribution in [0.15, 0.2) is 41.9 Å². The lowest BCUT2D eigenvalue weighted by molar-refractivity contribution is -0.117. The first-order valence-corrected chi connectivity index (χ1v) is 17.0. The van der Waals surface area contributed by atoms with Gasteiger partial charge in [0, 0.05) is 55.2 Å². The fourth-order valence-corrected chi connectivity index (χ4v) is 8.10. The second-order valence-electron chi connectivity index (χ2n) is 14.6. The summed E-state index contributed by atoms with van der Waals surface area (Å²) in [5.41, 5.74) is 2.59. The van der Waals surface area contributed by atoms with Gasteiger partial charge in [-0.1, -0.05) is 5.57 Å². The molecule has 2 spiro atoms. The first kappa shape index (κ1) is 32.4. The zero-order valence-electron chi connectivity index (χ0n) is 28.1. The SMILES string of the molecule is CCN(C(=O)c1cc(F)ccc1Oc1cncnc1N1CC2(CCN(CC3CCC4(CC3)CC(=C(C)C)C(=O)N4)CC2)C1)C(C)C. The van der Waals surface area contributed by atoms with Crippen molar-refractivity contribution >= 4 is 17.6 Å². The maximum absolute atomic E-state index is 14.3. The van der Waals surface area contributed by atoms with E-state index in [1.54, 1.807) is 11.1 Å². The van der Waals surface area contributed by atoms with Crippen LogP contribution in [0.5, 0.6) is 11.5 Å². The van der Waals surface area contributed by atoms with Gasteiger partial charge >= 0.3 is 0 Å². The molecule has 46 heavy (non-hydrogen) atoms. The quantitative estimate of drug-likeness (QED) is 0.359. The fourth-order valence-electron chi connectivity index (χ4n) is 8.10. The molecule has 6 rings (SSSR count). The summed E-state index contributed by atoms with van der Waals surface area (Å²) < 4.78 is 20.6. The van der Waals surface area contributed by atoms with E-state index in [4.69, 9.17) is 4.74 Å². The number of anilines is 1. The van der Waals surface area contributed by atoms with E-state index in [-0.39, 0.29) is 34.4 Å². The largest absolute Gasteiger partial charge is 0.451 e. The second kappa shape index (κ2) is 12.9. The third kappa shape index (κ3) is 6.50. The number of allylic oxidation sites excluding steroid dienone is 1. The van der Waals surface area contributed by atoms with E-state index in [1.807, 2.05) is 34.6 Å². The molecule has 2 amide bonds. The molecule has 2 aromatic rings. The smallest absolute Gasteiger partial charge is 0.257 e. The van der Waals surface area contributed by atoms with E-state index in [1.165, 1.54) is 37.4 Å². The molecular formula is C36H49FN6O3. The highest BCUT2D eigenvalue weighted by molar-refractivity contribution is 5.98. The van der Waals surface area contributed by atoms with Gasteiger partial charge < -0.3 is 24.8 Å². The number of piperidine rings is 1. The van der Waals surface area contributed by atoms with Crippen LogP contribution < -0.4 is 15.0 Å². The Morgan fingerprint density at radius 2 is 1.85 bits per heavy atom. The van der Waals surface area contributed by atoms with Crippen molar-refractivity contribution < 1.29 is 18.7 Å². The van der Waals surface area contributed by atoms with Gasteiger partial charge in [-0.15, -0.1) is 0 Å². The van der Waals surface area contributed by atoms with Crippen molar-refractivity contribution in [2.45, 2.75) is 91.1 Å². The third-order valence-electron chi connectivity index (χ3n) is 10.9. The van der Waals surface area contributed by atoms with Gasteiger partial charge in [-0.25, -0.2) is 14.4 Å². The number of ether oxygens (including phenoxy) is 1. The number of nitrogens with one attached hydrogen (secondary N) is 1. The Hall–Kier alpha value is -3.53. The highest BCUT2D eigenvalue weighted by atomic mass is 19.1. The van der Waals surface area contributed by atoms with Crippen LogP contribution in [0.2, 0.25) is 0 Å². The average molecular weight is 633 g/mol. The maximum Gasteiger partial charge on any atom is 0.257 e. The zero-order valence-corrected chi connectivity index (χ0v) is 28.1. The van der Waals surface area contributed by atoms with Crippen molar-refractivity contribution in [3.63, 3.8) is 0 Å². The molecule has 0 atom stereocenters. The van der Waals surface area contributed by atoms with Gasteiger partial charge in [0.25, 0.3) is 5.91 Å². The van der Waals surface area contributed by atoms with E-state index in [2.05, 4.69) is 25.1 Å². The van der Waals surface area contributed by atoms with Gasteiger partial charge in [-0.05, 0) is 110 Å². The van der Waals surface area contributed by atoms with E-state index < -0.39 is 5.82 Å². The Morgan fingerprint density at radius 3 is 2.48 bits per heavy atom. The molecule has 0 bridgehead atoms. The minimum absolute atomic E-state index is 0.0111. The first-order valence-electron chi connectivity index (χ1n) is 17.0. The molecule has 3 aliphatic heterocycles. The third-order valence-corrected chi connectivity index (χ3v) is 10.9. The van der Waals surface area contributed by atoms with Crippen molar-refractivity contribution in [1.82, 2.24) is 25.1 Å². The molecule has 0 unspecified atom stereocenters. The van der Waals surface area contributed by atoms with Crippen molar-refractivity contribution in [2.75, 3.05) is 44.2 Å². The molecular weight excluding hydrogens is 583 g/mol. The second-order valence-corrected chi connectivity index (χ2v) is 14.6. The number of rotatable bonds is 8.